The smallest absolute Gasteiger partial charge is 0.338 e. The van der Waals surface area contributed by atoms with E-state index in [0.717, 1.165) is 24.3 Å². The molecule has 33 heavy (non-hydrogen) atoms. The minimum Gasteiger partial charge on any atom is -0.454 e. The SMILES string of the molecule is O=C(COC(=O)c1cccc(NS(=O)(=O)c2ccc(F)c(F)c2)c1)c1ccc([N+](=O)[O-])cc1. The number of hydrogen-bond acceptors (Lipinski definition) is 7. The summed E-state index contributed by atoms with van der Waals surface area (Å²) in [5.41, 5.74) is -0.250. The van der Waals surface area contributed by atoms with Crippen molar-refractivity contribution in [2.45, 2.75) is 4.90 Å². The van der Waals surface area contributed by atoms with E-state index in [-0.39, 0.29) is 22.5 Å². The number of Topliss-reactive ketones (excluding diaryl/α,β-unsaturated/α-hetero) is 1. The number of carbonyl (C=O) groups excluding carboxylic acids is 2. The second-order valence-corrected chi connectivity index (χ2v) is 8.25. The van der Waals surface area contributed by atoms with Crippen molar-refractivity contribution in [2.75, 3.05) is 11.3 Å². The van der Waals surface area contributed by atoms with Gasteiger partial charge in [0.2, 0.25) is 0 Å². The predicted molar refractivity (Wildman–Crippen MR) is 111 cm³/mol. The van der Waals surface area contributed by atoms with Gasteiger partial charge in [0.1, 0.15) is 0 Å². The number of carbonyl (C=O) groups is 2. The van der Waals surface area contributed by atoms with Crippen molar-refractivity contribution in [3.05, 3.63) is 99.6 Å². The van der Waals surface area contributed by atoms with Crippen molar-refractivity contribution in [3.8, 4) is 0 Å². The Hall–Kier alpha value is -4.19. The third kappa shape index (κ3) is 5.74. The van der Waals surface area contributed by atoms with Crippen LogP contribution in [0.5, 0.6) is 0 Å². The maximum Gasteiger partial charge on any atom is 0.338 e. The van der Waals surface area contributed by atoms with Crippen LogP contribution in [0.15, 0.2) is 71.6 Å². The molecule has 3 aromatic carbocycles. The largest absolute Gasteiger partial charge is 0.454 e. The lowest BCUT2D eigenvalue weighted by molar-refractivity contribution is -0.384. The Morgan fingerprint density at radius 3 is 2.27 bits per heavy atom. The number of nitro groups is 1. The van der Waals surface area contributed by atoms with Crippen LogP contribution < -0.4 is 4.72 Å². The Balaban J connectivity index is 1.67. The molecule has 0 spiro atoms. The highest BCUT2D eigenvalue weighted by molar-refractivity contribution is 7.92. The van der Waals surface area contributed by atoms with E-state index in [1.807, 2.05) is 0 Å². The van der Waals surface area contributed by atoms with Crippen LogP contribution in [-0.2, 0) is 14.8 Å². The van der Waals surface area contributed by atoms with E-state index in [0.29, 0.717) is 12.1 Å². The van der Waals surface area contributed by atoms with E-state index >= 15 is 0 Å². The zero-order chi connectivity index (χ0) is 24.2. The predicted octanol–water partition coefficient (Wildman–Crippen LogP) is 3.71. The first kappa shape index (κ1) is 23.5. The number of non-ortho nitro benzene ring substituents is 1. The Morgan fingerprint density at radius 1 is 0.939 bits per heavy atom. The quantitative estimate of drug-likeness (QED) is 0.227. The number of esters is 1. The number of halogens is 2. The minimum absolute atomic E-state index is 0.0594. The number of ether oxygens (including phenoxy) is 1. The summed E-state index contributed by atoms with van der Waals surface area (Å²) >= 11 is 0. The lowest BCUT2D eigenvalue weighted by Crippen LogP contribution is -2.16. The molecular formula is C21H14F2N2O7S. The molecule has 0 saturated carbocycles. The summed E-state index contributed by atoms with van der Waals surface area (Å²) in [5, 5.41) is 10.7. The normalized spacial score (nSPS) is 11.0. The number of ketones is 1. The van der Waals surface area contributed by atoms with Gasteiger partial charge in [0.05, 0.1) is 15.4 Å². The molecule has 170 valence electrons. The second kappa shape index (κ2) is 9.53. The summed E-state index contributed by atoms with van der Waals surface area (Å²) in [6.07, 6.45) is 0. The van der Waals surface area contributed by atoms with Crippen LogP contribution >= 0.6 is 0 Å². The van der Waals surface area contributed by atoms with E-state index in [2.05, 4.69) is 4.72 Å². The topological polar surface area (TPSA) is 133 Å². The summed E-state index contributed by atoms with van der Waals surface area (Å²) in [5.74, 6) is -4.08. The molecule has 0 radical (unpaired) electrons. The number of hydrogen-bond donors (Lipinski definition) is 1. The van der Waals surface area contributed by atoms with Crippen LogP contribution in [0.1, 0.15) is 20.7 Å². The molecule has 9 nitrogen and oxygen atoms in total. The van der Waals surface area contributed by atoms with Gasteiger partial charge in [0.15, 0.2) is 24.0 Å². The number of sulfonamides is 1. The molecule has 0 heterocycles. The number of nitrogens with one attached hydrogen (secondary N) is 1. The highest BCUT2D eigenvalue weighted by Gasteiger charge is 2.18. The fourth-order valence-electron chi connectivity index (χ4n) is 2.63. The molecule has 1 N–H and O–H groups in total. The molecule has 12 heteroatoms. The summed E-state index contributed by atoms with van der Waals surface area (Å²) in [7, 11) is -4.28. The second-order valence-electron chi connectivity index (χ2n) is 6.57. The zero-order valence-electron chi connectivity index (χ0n) is 16.5. The van der Waals surface area contributed by atoms with Gasteiger partial charge in [-0.15, -0.1) is 0 Å². The van der Waals surface area contributed by atoms with Crippen molar-refractivity contribution in [3.63, 3.8) is 0 Å². The van der Waals surface area contributed by atoms with E-state index in [1.54, 1.807) is 0 Å². The maximum absolute atomic E-state index is 13.4. The molecule has 0 aliphatic heterocycles. The van der Waals surface area contributed by atoms with Gasteiger partial charge in [-0.2, -0.15) is 0 Å². The summed E-state index contributed by atoms with van der Waals surface area (Å²) < 4.78 is 58.2. The highest BCUT2D eigenvalue weighted by atomic mass is 32.2. The molecular weight excluding hydrogens is 462 g/mol. The van der Waals surface area contributed by atoms with Gasteiger partial charge in [0.25, 0.3) is 15.7 Å². The maximum atomic E-state index is 13.4. The first-order chi connectivity index (χ1) is 15.6. The van der Waals surface area contributed by atoms with Crippen molar-refractivity contribution in [2.24, 2.45) is 0 Å². The number of rotatable bonds is 8. The van der Waals surface area contributed by atoms with Crippen LogP contribution in [0.25, 0.3) is 0 Å². The molecule has 0 aliphatic carbocycles. The molecule has 0 aliphatic rings. The third-order valence-corrected chi connectivity index (χ3v) is 5.67. The lowest BCUT2D eigenvalue weighted by Gasteiger charge is -2.10. The number of anilines is 1. The van der Waals surface area contributed by atoms with Crippen LogP contribution in [-0.4, -0.2) is 31.7 Å². The van der Waals surface area contributed by atoms with Gasteiger partial charge >= 0.3 is 5.97 Å². The third-order valence-electron chi connectivity index (χ3n) is 4.29. The average molecular weight is 476 g/mol. The molecule has 3 rings (SSSR count). The molecule has 3 aromatic rings. The van der Waals surface area contributed by atoms with Crippen LogP contribution in [0.4, 0.5) is 20.2 Å². The van der Waals surface area contributed by atoms with Crippen molar-refractivity contribution in [1.82, 2.24) is 0 Å². The fraction of sp³-hybridized carbons (Fsp3) is 0.0476. The molecule has 0 amide bonds. The molecule has 0 bridgehead atoms. The standard InChI is InChI=1S/C21H14F2N2O7S/c22-18-9-8-17(11-19(18)23)33(30,31)24-15-3-1-2-14(10-15)21(27)32-12-20(26)13-4-6-16(7-5-13)25(28)29/h1-11,24H,12H2. The number of nitro benzene ring substituents is 1. The first-order valence-corrected chi connectivity index (χ1v) is 10.6. The van der Waals surface area contributed by atoms with E-state index in [9.17, 15) is 36.9 Å². The van der Waals surface area contributed by atoms with Gasteiger partial charge in [0, 0.05) is 23.4 Å². The summed E-state index contributed by atoms with van der Waals surface area (Å²) in [4.78, 5) is 33.9. The van der Waals surface area contributed by atoms with Crippen molar-refractivity contribution in [1.29, 1.82) is 0 Å². The molecule has 0 aromatic heterocycles. The van der Waals surface area contributed by atoms with E-state index in [4.69, 9.17) is 4.74 Å². The summed E-state index contributed by atoms with van der Waals surface area (Å²) in [6.45, 7) is -0.651. The molecule has 0 fully saturated rings. The Bertz CT molecular complexity index is 1340. The number of nitrogens with zero attached hydrogens (tertiary/aromatic N) is 1. The van der Waals surface area contributed by atoms with Crippen LogP contribution in [0, 0.1) is 21.7 Å². The van der Waals surface area contributed by atoms with E-state index in [1.165, 1.54) is 30.3 Å². The van der Waals surface area contributed by atoms with Gasteiger partial charge in [-0.3, -0.25) is 19.6 Å². The van der Waals surface area contributed by atoms with Crippen LogP contribution in [0.2, 0.25) is 0 Å². The van der Waals surface area contributed by atoms with Crippen LogP contribution in [0.3, 0.4) is 0 Å². The van der Waals surface area contributed by atoms with Crippen molar-refractivity contribution >= 4 is 33.2 Å². The van der Waals surface area contributed by atoms with Gasteiger partial charge in [-0.1, -0.05) is 6.07 Å². The Kier molecular flexibility index (Phi) is 6.78. The molecule has 0 saturated heterocycles. The van der Waals surface area contributed by atoms with Crippen molar-refractivity contribution < 1.29 is 36.4 Å². The fourth-order valence-corrected chi connectivity index (χ4v) is 3.70. The summed E-state index contributed by atoms with van der Waals surface area (Å²) in [6, 6.07) is 11.9. The van der Waals surface area contributed by atoms with Gasteiger partial charge in [-0.05, 0) is 48.5 Å². The highest BCUT2D eigenvalue weighted by Crippen LogP contribution is 2.20. The first-order valence-electron chi connectivity index (χ1n) is 9.09. The Morgan fingerprint density at radius 2 is 1.64 bits per heavy atom. The molecule has 0 unspecified atom stereocenters. The Labute approximate surface area is 185 Å². The average Bonchev–Trinajstić information content (AvgIpc) is 2.78. The minimum atomic E-state index is -4.28. The zero-order valence-corrected chi connectivity index (χ0v) is 17.3. The lowest BCUT2D eigenvalue weighted by atomic mass is 10.1. The molecule has 0 atom stereocenters. The monoisotopic (exact) mass is 476 g/mol. The van der Waals surface area contributed by atoms with E-state index < -0.39 is 49.8 Å². The number of benzene rings is 3. The van der Waals surface area contributed by atoms with Gasteiger partial charge < -0.3 is 4.74 Å². The van der Waals surface area contributed by atoms with Gasteiger partial charge in [-0.25, -0.2) is 22.0 Å².